The Hall–Kier alpha value is -3.18. The van der Waals surface area contributed by atoms with Crippen molar-refractivity contribution in [1.82, 2.24) is 24.1 Å². The summed E-state index contributed by atoms with van der Waals surface area (Å²) in [4.78, 5) is 16.5. The van der Waals surface area contributed by atoms with Gasteiger partial charge in [0.2, 0.25) is 10.0 Å². The van der Waals surface area contributed by atoms with E-state index in [1.54, 1.807) is 31.4 Å². The van der Waals surface area contributed by atoms with Crippen molar-refractivity contribution < 1.29 is 17.9 Å². The van der Waals surface area contributed by atoms with Gasteiger partial charge < -0.3 is 9.47 Å². The number of sulfonamides is 1. The fourth-order valence-corrected chi connectivity index (χ4v) is 3.88. The van der Waals surface area contributed by atoms with Crippen molar-refractivity contribution in [2.24, 2.45) is 7.05 Å². The lowest BCUT2D eigenvalue weighted by Crippen LogP contribution is -2.32. The maximum Gasteiger partial charge on any atom is 0.346 e. The van der Waals surface area contributed by atoms with Crippen LogP contribution in [0.5, 0.6) is 11.5 Å². The number of hydrogen-bond donors (Lipinski definition) is 1. The van der Waals surface area contributed by atoms with Gasteiger partial charge in [0.15, 0.2) is 5.82 Å². The smallest absolute Gasteiger partial charge is 0.346 e. The van der Waals surface area contributed by atoms with Gasteiger partial charge in [0.05, 0.1) is 20.8 Å². The molecular weight excluding hydrogens is 398 g/mol. The van der Waals surface area contributed by atoms with Crippen molar-refractivity contribution in [3.63, 3.8) is 0 Å². The Morgan fingerprint density at radius 3 is 2.59 bits per heavy atom. The van der Waals surface area contributed by atoms with Crippen LogP contribution in [0.3, 0.4) is 0 Å². The molecule has 3 rings (SSSR count). The number of nitrogens with one attached hydrogen (secondary N) is 1. The van der Waals surface area contributed by atoms with Gasteiger partial charge >= 0.3 is 5.69 Å². The molecule has 11 heteroatoms. The van der Waals surface area contributed by atoms with Gasteiger partial charge in [-0.25, -0.2) is 22.6 Å². The SMILES string of the molecule is COc1ccc(S(=O)(=O)NCCn2nc(-c3ccccn3)n(C)c2=O)c(OC)c1. The van der Waals surface area contributed by atoms with Gasteiger partial charge in [0, 0.05) is 25.9 Å². The van der Waals surface area contributed by atoms with Gasteiger partial charge in [0.1, 0.15) is 22.1 Å². The first-order valence-corrected chi connectivity index (χ1v) is 10.1. The zero-order valence-electron chi connectivity index (χ0n) is 16.2. The summed E-state index contributed by atoms with van der Waals surface area (Å²) in [6.45, 7) is 0.0211. The van der Waals surface area contributed by atoms with Gasteiger partial charge in [0.25, 0.3) is 0 Å². The molecule has 0 saturated heterocycles. The topological polar surface area (TPSA) is 117 Å². The van der Waals surface area contributed by atoms with Crippen molar-refractivity contribution >= 4 is 10.0 Å². The second-order valence-electron chi connectivity index (χ2n) is 6.02. The van der Waals surface area contributed by atoms with E-state index in [-0.39, 0.29) is 29.4 Å². The largest absolute Gasteiger partial charge is 0.497 e. The molecule has 0 radical (unpaired) electrons. The highest BCUT2D eigenvalue weighted by Crippen LogP contribution is 2.28. The monoisotopic (exact) mass is 419 g/mol. The fraction of sp³-hybridized carbons (Fsp3) is 0.278. The molecular formula is C18H21N5O5S. The van der Waals surface area contributed by atoms with Crippen LogP contribution in [0, 0.1) is 0 Å². The molecule has 0 atom stereocenters. The number of nitrogens with zero attached hydrogens (tertiary/aromatic N) is 4. The average molecular weight is 419 g/mol. The van der Waals surface area contributed by atoms with Gasteiger partial charge in [-0.2, -0.15) is 0 Å². The molecule has 29 heavy (non-hydrogen) atoms. The quantitative estimate of drug-likeness (QED) is 0.569. The summed E-state index contributed by atoms with van der Waals surface area (Å²) in [5.41, 5.74) is 0.182. The normalized spacial score (nSPS) is 11.4. The lowest BCUT2D eigenvalue weighted by Gasteiger charge is -2.11. The number of pyridine rings is 1. The molecule has 0 saturated carbocycles. The number of aromatic nitrogens is 4. The first-order valence-electron chi connectivity index (χ1n) is 8.64. The molecule has 2 aromatic heterocycles. The van der Waals surface area contributed by atoms with Crippen LogP contribution in [0.1, 0.15) is 0 Å². The molecule has 0 aliphatic carbocycles. The molecule has 154 valence electrons. The van der Waals surface area contributed by atoms with E-state index in [0.29, 0.717) is 17.3 Å². The highest BCUT2D eigenvalue weighted by molar-refractivity contribution is 7.89. The van der Waals surface area contributed by atoms with Crippen LogP contribution >= 0.6 is 0 Å². The van der Waals surface area contributed by atoms with Gasteiger partial charge in [-0.3, -0.25) is 9.55 Å². The zero-order chi connectivity index (χ0) is 21.0. The molecule has 0 aliphatic rings. The van der Waals surface area contributed by atoms with Crippen LogP contribution in [-0.4, -0.2) is 48.5 Å². The highest BCUT2D eigenvalue weighted by Gasteiger charge is 2.20. The van der Waals surface area contributed by atoms with E-state index < -0.39 is 10.0 Å². The second-order valence-corrected chi connectivity index (χ2v) is 7.75. The molecule has 0 fully saturated rings. The highest BCUT2D eigenvalue weighted by atomic mass is 32.2. The minimum absolute atomic E-state index is 0.0247. The molecule has 0 amide bonds. The third-order valence-corrected chi connectivity index (χ3v) is 5.71. The van der Waals surface area contributed by atoms with Crippen molar-refractivity contribution in [3.8, 4) is 23.0 Å². The Kier molecular flexibility index (Phi) is 5.99. The predicted molar refractivity (Wildman–Crippen MR) is 105 cm³/mol. The molecule has 0 bridgehead atoms. The number of hydrogen-bond acceptors (Lipinski definition) is 7. The second kappa shape index (κ2) is 8.45. The molecule has 0 spiro atoms. The Labute approximate surface area is 167 Å². The predicted octanol–water partition coefficient (Wildman–Crippen LogP) is 0.639. The molecule has 0 aliphatic heterocycles. The maximum atomic E-state index is 12.6. The molecule has 10 nitrogen and oxygen atoms in total. The minimum Gasteiger partial charge on any atom is -0.497 e. The van der Waals surface area contributed by atoms with Crippen LogP contribution in [0.4, 0.5) is 0 Å². The van der Waals surface area contributed by atoms with Crippen LogP contribution in [0.15, 0.2) is 52.3 Å². The lowest BCUT2D eigenvalue weighted by molar-refractivity contribution is 0.386. The summed E-state index contributed by atoms with van der Waals surface area (Å²) in [6, 6.07) is 9.70. The lowest BCUT2D eigenvalue weighted by atomic mass is 10.3. The molecule has 0 unspecified atom stereocenters. The van der Waals surface area contributed by atoms with Gasteiger partial charge in [-0.1, -0.05) is 6.07 Å². The third-order valence-electron chi connectivity index (χ3n) is 4.21. The van der Waals surface area contributed by atoms with Crippen LogP contribution < -0.4 is 19.9 Å². The summed E-state index contributed by atoms with van der Waals surface area (Å²) in [5.74, 6) is 1.03. The fourth-order valence-electron chi connectivity index (χ4n) is 2.71. The Morgan fingerprint density at radius 1 is 1.14 bits per heavy atom. The van der Waals surface area contributed by atoms with E-state index in [4.69, 9.17) is 9.47 Å². The van der Waals surface area contributed by atoms with E-state index in [9.17, 15) is 13.2 Å². The first-order chi connectivity index (χ1) is 13.9. The van der Waals surface area contributed by atoms with E-state index in [2.05, 4.69) is 14.8 Å². The van der Waals surface area contributed by atoms with Crippen molar-refractivity contribution in [2.75, 3.05) is 20.8 Å². The van der Waals surface area contributed by atoms with Crippen LogP contribution in [0.2, 0.25) is 0 Å². The molecule has 2 heterocycles. The average Bonchev–Trinajstić information content (AvgIpc) is 3.02. The third kappa shape index (κ3) is 4.30. The maximum absolute atomic E-state index is 12.6. The van der Waals surface area contributed by atoms with Crippen molar-refractivity contribution in [2.45, 2.75) is 11.4 Å². The van der Waals surface area contributed by atoms with Crippen LogP contribution in [-0.2, 0) is 23.6 Å². The Balaban J connectivity index is 1.76. The van der Waals surface area contributed by atoms with E-state index >= 15 is 0 Å². The summed E-state index contributed by atoms with van der Waals surface area (Å²) in [7, 11) is 0.579. The van der Waals surface area contributed by atoms with Crippen LogP contribution in [0.25, 0.3) is 11.5 Å². The number of methoxy groups -OCH3 is 2. The van der Waals surface area contributed by atoms with Crippen molar-refractivity contribution in [3.05, 3.63) is 53.1 Å². The van der Waals surface area contributed by atoms with E-state index in [1.807, 2.05) is 0 Å². The van der Waals surface area contributed by atoms with E-state index in [0.717, 1.165) is 0 Å². The van der Waals surface area contributed by atoms with Crippen molar-refractivity contribution in [1.29, 1.82) is 0 Å². The number of ether oxygens (including phenoxy) is 2. The minimum atomic E-state index is -3.86. The molecule has 3 aromatic rings. The first kappa shape index (κ1) is 20.6. The summed E-state index contributed by atoms with van der Waals surface area (Å²) in [6.07, 6.45) is 1.61. The zero-order valence-corrected chi connectivity index (χ0v) is 17.0. The molecule has 1 aromatic carbocycles. The summed E-state index contributed by atoms with van der Waals surface area (Å²) >= 11 is 0. The van der Waals surface area contributed by atoms with E-state index in [1.165, 1.54) is 41.7 Å². The molecule has 1 N–H and O–H groups in total. The number of benzene rings is 1. The van der Waals surface area contributed by atoms with Gasteiger partial charge in [-0.05, 0) is 24.3 Å². The standard InChI is InChI=1S/C18H21N5O5S/c1-22-17(14-6-4-5-9-19-14)21-23(18(22)24)11-10-20-29(25,26)16-8-7-13(27-2)12-15(16)28-3/h4-9,12,20H,10-11H2,1-3H3. The Bertz CT molecular complexity index is 1160. The van der Waals surface area contributed by atoms with Gasteiger partial charge in [-0.15, -0.1) is 5.10 Å². The number of rotatable bonds is 8. The summed E-state index contributed by atoms with van der Waals surface area (Å²) in [5, 5.41) is 4.26. The summed E-state index contributed by atoms with van der Waals surface area (Å²) < 4.78 is 40.5. The Morgan fingerprint density at radius 2 is 1.93 bits per heavy atom.